The molecule has 1 heterocycles. The maximum absolute atomic E-state index is 12.8. The molecule has 7 nitrogen and oxygen atoms in total. The lowest BCUT2D eigenvalue weighted by molar-refractivity contribution is -0.228. The molecule has 3 rings (SSSR count). The minimum absolute atomic E-state index is 0.126. The Kier molecular flexibility index (Phi) is 3.57. The van der Waals surface area contributed by atoms with Crippen LogP contribution in [0.15, 0.2) is 18.2 Å². The Labute approximate surface area is 132 Å². The molecule has 1 aromatic rings. The zero-order valence-electron chi connectivity index (χ0n) is 12.5. The quantitative estimate of drug-likeness (QED) is 0.594. The number of phenolic OH excluding ortho intramolecular Hbond substituents is 1. The average Bonchev–Trinajstić information content (AvgIpc) is 2.50. The van der Waals surface area contributed by atoms with Gasteiger partial charge in [0.05, 0.1) is 17.8 Å². The Bertz CT molecular complexity index is 685. The van der Waals surface area contributed by atoms with Crippen molar-refractivity contribution in [2.75, 3.05) is 6.61 Å². The van der Waals surface area contributed by atoms with Crippen molar-refractivity contribution in [1.82, 2.24) is 0 Å². The third-order valence-electron chi connectivity index (χ3n) is 4.83. The number of aliphatic hydroxyl groups excluding tert-OH is 1. The highest BCUT2D eigenvalue weighted by molar-refractivity contribution is 6.23. The minimum atomic E-state index is -2.48. The van der Waals surface area contributed by atoms with E-state index in [1.807, 2.05) is 0 Å². The third-order valence-corrected chi connectivity index (χ3v) is 4.83. The van der Waals surface area contributed by atoms with Gasteiger partial charge in [-0.25, -0.2) is 0 Å². The number of aromatic hydroxyl groups is 1. The van der Waals surface area contributed by atoms with Gasteiger partial charge in [0.25, 0.3) is 0 Å². The molecule has 0 aromatic heterocycles. The molecule has 1 aliphatic carbocycles. The number of hydrogen-bond acceptors (Lipinski definition) is 7. The molecule has 0 amide bonds. The number of rotatable bonds is 2. The SMILES string of the molecule is C[C@H]1O[C@@H](CCO)C[C@@]2(O)C(=O)c3cccc(O)c3C(=O)[C@@]12O. The number of fused-ring (bicyclic) bond motifs is 2. The molecule has 1 aliphatic heterocycles. The van der Waals surface area contributed by atoms with E-state index >= 15 is 0 Å². The molecule has 1 fully saturated rings. The van der Waals surface area contributed by atoms with Crippen molar-refractivity contribution in [2.24, 2.45) is 0 Å². The normalized spacial score (nSPS) is 36.5. The van der Waals surface area contributed by atoms with E-state index < -0.39 is 40.7 Å². The first kappa shape index (κ1) is 16.1. The summed E-state index contributed by atoms with van der Waals surface area (Å²) >= 11 is 0. The van der Waals surface area contributed by atoms with E-state index in [-0.39, 0.29) is 30.6 Å². The zero-order chi connectivity index (χ0) is 17.0. The summed E-state index contributed by atoms with van der Waals surface area (Å²) in [4.78, 5) is 25.5. The van der Waals surface area contributed by atoms with Gasteiger partial charge < -0.3 is 25.2 Å². The van der Waals surface area contributed by atoms with E-state index in [0.717, 1.165) is 0 Å². The van der Waals surface area contributed by atoms with Crippen molar-refractivity contribution in [3.05, 3.63) is 29.3 Å². The Morgan fingerprint density at radius 3 is 2.61 bits per heavy atom. The Morgan fingerprint density at radius 1 is 1.26 bits per heavy atom. The molecule has 0 bridgehead atoms. The van der Waals surface area contributed by atoms with Crippen molar-refractivity contribution in [3.63, 3.8) is 0 Å². The highest BCUT2D eigenvalue weighted by Crippen LogP contribution is 2.47. The first-order valence-corrected chi connectivity index (χ1v) is 7.40. The van der Waals surface area contributed by atoms with Crippen LogP contribution in [0.3, 0.4) is 0 Å². The number of ketones is 2. The summed E-state index contributed by atoms with van der Waals surface area (Å²) in [6, 6.07) is 3.95. The van der Waals surface area contributed by atoms with Crippen molar-refractivity contribution in [2.45, 2.75) is 43.2 Å². The van der Waals surface area contributed by atoms with E-state index in [0.29, 0.717) is 0 Å². The Hall–Kier alpha value is -1.80. The molecule has 4 atom stereocenters. The van der Waals surface area contributed by atoms with Crippen LogP contribution in [-0.4, -0.2) is 62.0 Å². The van der Waals surface area contributed by atoms with Crippen molar-refractivity contribution >= 4 is 11.6 Å². The van der Waals surface area contributed by atoms with Gasteiger partial charge in [0, 0.05) is 18.6 Å². The van der Waals surface area contributed by atoms with Gasteiger partial charge in [0.2, 0.25) is 5.78 Å². The fourth-order valence-electron chi connectivity index (χ4n) is 3.59. The van der Waals surface area contributed by atoms with Gasteiger partial charge >= 0.3 is 0 Å². The van der Waals surface area contributed by atoms with Gasteiger partial charge in [-0.3, -0.25) is 9.59 Å². The van der Waals surface area contributed by atoms with Gasteiger partial charge in [-0.05, 0) is 19.4 Å². The number of hydrogen-bond donors (Lipinski definition) is 4. The smallest absolute Gasteiger partial charge is 0.205 e. The third kappa shape index (κ3) is 1.91. The fourth-order valence-corrected chi connectivity index (χ4v) is 3.59. The summed E-state index contributed by atoms with van der Waals surface area (Å²) < 4.78 is 5.51. The molecule has 1 aromatic carbocycles. The van der Waals surface area contributed by atoms with Crippen LogP contribution in [0.5, 0.6) is 5.75 Å². The monoisotopic (exact) mass is 322 g/mol. The second-order valence-electron chi connectivity index (χ2n) is 6.10. The molecule has 0 saturated carbocycles. The Balaban J connectivity index is 2.20. The summed E-state index contributed by atoms with van der Waals surface area (Å²) in [6.45, 7) is 1.16. The number of aliphatic hydroxyl groups is 3. The molecule has 0 spiro atoms. The van der Waals surface area contributed by atoms with E-state index in [4.69, 9.17) is 9.84 Å². The molecular weight excluding hydrogens is 304 g/mol. The highest BCUT2D eigenvalue weighted by atomic mass is 16.5. The molecule has 1 saturated heterocycles. The van der Waals surface area contributed by atoms with Crippen LogP contribution in [0.1, 0.15) is 40.5 Å². The maximum atomic E-state index is 12.8. The van der Waals surface area contributed by atoms with Crippen LogP contribution in [0.2, 0.25) is 0 Å². The lowest BCUT2D eigenvalue weighted by Gasteiger charge is -2.52. The number of benzene rings is 1. The van der Waals surface area contributed by atoms with Crippen LogP contribution in [0, 0.1) is 0 Å². The summed E-state index contributed by atoms with van der Waals surface area (Å²) in [7, 11) is 0. The predicted molar refractivity (Wildman–Crippen MR) is 77.3 cm³/mol. The average molecular weight is 322 g/mol. The van der Waals surface area contributed by atoms with E-state index in [1.54, 1.807) is 0 Å². The molecule has 7 heteroatoms. The van der Waals surface area contributed by atoms with Crippen LogP contribution < -0.4 is 0 Å². The van der Waals surface area contributed by atoms with Gasteiger partial charge in [-0.1, -0.05) is 12.1 Å². The molecule has 23 heavy (non-hydrogen) atoms. The first-order valence-electron chi connectivity index (χ1n) is 7.40. The Morgan fingerprint density at radius 2 is 1.96 bits per heavy atom. The first-order chi connectivity index (χ1) is 10.8. The number of carbonyl (C=O) groups is 2. The predicted octanol–water partition coefficient (Wildman–Crippen LogP) is -0.207. The molecule has 124 valence electrons. The molecular formula is C16H18O7. The summed E-state index contributed by atoms with van der Waals surface area (Å²) in [6.07, 6.45) is -2.00. The van der Waals surface area contributed by atoms with Crippen molar-refractivity contribution in [1.29, 1.82) is 0 Å². The van der Waals surface area contributed by atoms with Crippen LogP contribution >= 0.6 is 0 Å². The summed E-state index contributed by atoms with van der Waals surface area (Å²) in [5, 5.41) is 40.8. The summed E-state index contributed by atoms with van der Waals surface area (Å²) in [5.41, 5.74) is -5.27. The molecule has 2 aliphatic rings. The number of Topliss-reactive ketones (excluding diaryl/α,β-unsaturated/α-hetero) is 2. The van der Waals surface area contributed by atoms with Crippen LogP contribution in [0.4, 0.5) is 0 Å². The lowest BCUT2D eigenvalue weighted by atomic mass is 9.61. The number of carbonyl (C=O) groups excluding carboxylic acids is 2. The second kappa shape index (κ2) is 5.10. The largest absolute Gasteiger partial charge is 0.507 e. The zero-order valence-corrected chi connectivity index (χ0v) is 12.5. The standard InChI is InChI=1S/C16H18O7/c1-8-16(22)14(20)12-10(3-2-4-11(12)18)13(19)15(16,21)7-9(23-8)5-6-17/h2-4,8-9,17-18,21-22H,5-7H2,1H3/t8-,9+,15-,16+/m1/s1. The van der Waals surface area contributed by atoms with Gasteiger partial charge in [-0.2, -0.15) is 0 Å². The minimum Gasteiger partial charge on any atom is -0.507 e. The molecule has 0 unspecified atom stereocenters. The molecule has 4 N–H and O–H groups in total. The van der Waals surface area contributed by atoms with E-state index in [1.165, 1.54) is 25.1 Å². The number of ether oxygens (including phenoxy) is 1. The second-order valence-corrected chi connectivity index (χ2v) is 6.10. The highest BCUT2D eigenvalue weighted by Gasteiger charge is 2.69. The summed E-state index contributed by atoms with van der Waals surface area (Å²) in [5.74, 6) is -2.20. The molecule has 0 radical (unpaired) electrons. The lowest BCUT2D eigenvalue weighted by Crippen LogP contribution is -2.75. The van der Waals surface area contributed by atoms with Crippen LogP contribution in [-0.2, 0) is 4.74 Å². The van der Waals surface area contributed by atoms with Crippen molar-refractivity contribution < 1.29 is 34.8 Å². The maximum Gasteiger partial charge on any atom is 0.205 e. The van der Waals surface area contributed by atoms with E-state index in [9.17, 15) is 24.9 Å². The topological polar surface area (TPSA) is 124 Å². The van der Waals surface area contributed by atoms with E-state index in [2.05, 4.69) is 0 Å². The number of phenols is 1. The van der Waals surface area contributed by atoms with Gasteiger partial charge in [0.1, 0.15) is 5.75 Å². The fraction of sp³-hybridized carbons (Fsp3) is 0.500. The van der Waals surface area contributed by atoms with Crippen molar-refractivity contribution in [3.8, 4) is 5.75 Å². The van der Waals surface area contributed by atoms with Gasteiger partial charge in [-0.15, -0.1) is 0 Å². The van der Waals surface area contributed by atoms with Gasteiger partial charge in [0.15, 0.2) is 17.0 Å². The van der Waals surface area contributed by atoms with Crippen LogP contribution in [0.25, 0.3) is 0 Å².